The van der Waals surface area contributed by atoms with Crippen molar-refractivity contribution in [3.63, 3.8) is 0 Å². The summed E-state index contributed by atoms with van der Waals surface area (Å²) in [6, 6.07) is 5.37. The van der Waals surface area contributed by atoms with Crippen molar-refractivity contribution >= 4 is 29.1 Å². The van der Waals surface area contributed by atoms with Gasteiger partial charge in [0, 0.05) is 6.42 Å². The number of hydrogen-bond acceptors (Lipinski definition) is 1. The Kier molecular flexibility index (Phi) is 4.89. The highest BCUT2D eigenvalue weighted by Gasteiger charge is 2.16. The summed E-state index contributed by atoms with van der Waals surface area (Å²) in [5.74, 6) is 0.469. The number of allylic oxidation sites excluding steroid dienone is 2. The maximum Gasteiger partial charge on any atom is 0.221 e. The molecule has 0 bridgehead atoms. The third-order valence-corrected chi connectivity index (χ3v) is 4.12. The Balaban J connectivity index is 1.92. The van der Waals surface area contributed by atoms with Crippen LogP contribution < -0.4 is 5.32 Å². The molecule has 0 aromatic heterocycles. The zero-order valence-electron chi connectivity index (χ0n) is 10.8. The van der Waals surface area contributed by atoms with Crippen molar-refractivity contribution in [1.29, 1.82) is 0 Å². The highest BCUT2D eigenvalue weighted by molar-refractivity contribution is 6.42. The zero-order valence-corrected chi connectivity index (χ0v) is 12.3. The van der Waals surface area contributed by atoms with Crippen molar-refractivity contribution in [2.75, 3.05) is 0 Å². The fraction of sp³-hybridized carbons (Fsp3) is 0.400. The molecule has 0 saturated heterocycles. The summed E-state index contributed by atoms with van der Waals surface area (Å²) in [5.41, 5.74) is 0.963. The number of rotatable bonds is 4. The van der Waals surface area contributed by atoms with Crippen LogP contribution in [0.4, 0.5) is 0 Å². The lowest BCUT2D eigenvalue weighted by Crippen LogP contribution is -2.27. The minimum Gasteiger partial charge on any atom is -0.350 e. The molecule has 102 valence electrons. The van der Waals surface area contributed by atoms with E-state index in [-0.39, 0.29) is 11.9 Å². The van der Waals surface area contributed by atoms with Crippen LogP contribution in [-0.4, -0.2) is 5.91 Å². The third-order valence-electron chi connectivity index (χ3n) is 3.38. The second-order valence-corrected chi connectivity index (χ2v) is 5.75. The van der Waals surface area contributed by atoms with E-state index in [0.717, 1.165) is 18.4 Å². The fourth-order valence-electron chi connectivity index (χ4n) is 2.27. The van der Waals surface area contributed by atoms with Crippen molar-refractivity contribution in [3.8, 4) is 0 Å². The molecule has 0 unspecified atom stereocenters. The molecule has 0 saturated carbocycles. The number of carbonyl (C=O) groups excluding carboxylic acids is 1. The standard InChI is InChI=1S/C15H17Cl2NO/c1-10(12-6-7-13(16)14(17)9-12)18-15(19)8-11-4-2-3-5-11/h2,4,6-7,9-11H,3,5,8H2,1H3,(H,18,19)/t10-,11+/m1/s1. The van der Waals surface area contributed by atoms with Crippen LogP contribution in [0, 0.1) is 5.92 Å². The van der Waals surface area contributed by atoms with Crippen LogP contribution in [0.3, 0.4) is 0 Å². The minimum atomic E-state index is -0.0624. The number of nitrogens with one attached hydrogen (secondary N) is 1. The van der Waals surface area contributed by atoms with Gasteiger partial charge in [0.1, 0.15) is 0 Å². The Morgan fingerprint density at radius 3 is 2.84 bits per heavy atom. The summed E-state index contributed by atoms with van der Waals surface area (Å²) in [7, 11) is 0. The summed E-state index contributed by atoms with van der Waals surface area (Å²) in [6.07, 6.45) is 6.99. The molecule has 1 amide bonds. The first kappa shape index (κ1) is 14.4. The summed E-state index contributed by atoms with van der Waals surface area (Å²) in [6.45, 7) is 1.95. The number of halogens is 2. The predicted molar refractivity (Wildman–Crippen MR) is 79.5 cm³/mol. The lowest BCUT2D eigenvalue weighted by Gasteiger charge is -2.16. The number of carbonyl (C=O) groups is 1. The van der Waals surface area contributed by atoms with Gasteiger partial charge in [-0.2, -0.15) is 0 Å². The van der Waals surface area contributed by atoms with Gasteiger partial charge in [-0.25, -0.2) is 0 Å². The van der Waals surface area contributed by atoms with Gasteiger partial charge in [-0.3, -0.25) is 4.79 Å². The monoisotopic (exact) mass is 297 g/mol. The van der Waals surface area contributed by atoms with Gasteiger partial charge in [-0.05, 0) is 43.4 Å². The molecular formula is C15H17Cl2NO. The molecule has 2 atom stereocenters. The Morgan fingerprint density at radius 2 is 2.21 bits per heavy atom. The molecule has 0 aliphatic heterocycles. The quantitative estimate of drug-likeness (QED) is 0.813. The van der Waals surface area contributed by atoms with E-state index >= 15 is 0 Å². The van der Waals surface area contributed by atoms with Crippen molar-refractivity contribution < 1.29 is 4.79 Å². The van der Waals surface area contributed by atoms with Gasteiger partial charge < -0.3 is 5.32 Å². The minimum absolute atomic E-state index is 0.0624. The van der Waals surface area contributed by atoms with Crippen molar-refractivity contribution in [2.45, 2.75) is 32.2 Å². The maximum atomic E-state index is 11.9. The van der Waals surface area contributed by atoms with Gasteiger partial charge in [0.05, 0.1) is 16.1 Å². The average Bonchev–Trinajstić information content (AvgIpc) is 2.85. The van der Waals surface area contributed by atoms with Gasteiger partial charge in [0.15, 0.2) is 0 Å². The zero-order chi connectivity index (χ0) is 13.8. The molecule has 0 heterocycles. The number of benzene rings is 1. The van der Waals surface area contributed by atoms with E-state index in [1.165, 1.54) is 0 Å². The molecule has 0 radical (unpaired) electrons. The van der Waals surface area contributed by atoms with Crippen LogP contribution >= 0.6 is 23.2 Å². The van der Waals surface area contributed by atoms with Gasteiger partial charge >= 0.3 is 0 Å². The summed E-state index contributed by atoms with van der Waals surface area (Å²) >= 11 is 11.9. The van der Waals surface area contributed by atoms with Crippen molar-refractivity contribution in [1.82, 2.24) is 5.32 Å². The number of amides is 1. The lowest BCUT2D eigenvalue weighted by molar-refractivity contribution is -0.122. The van der Waals surface area contributed by atoms with Gasteiger partial charge in [-0.1, -0.05) is 41.4 Å². The SMILES string of the molecule is C[C@@H](NC(=O)C[C@H]1C=CCC1)c1ccc(Cl)c(Cl)c1. The van der Waals surface area contributed by atoms with Crippen LogP contribution in [0.5, 0.6) is 0 Å². The van der Waals surface area contributed by atoms with E-state index in [0.29, 0.717) is 22.4 Å². The summed E-state index contributed by atoms with van der Waals surface area (Å²) < 4.78 is 0. The first-order valence-corrected chi connectivity index (χ1v) is 7.23. The van der Waals surface area contributed by atoms with E-state index in [1.807, 2.05) is 13.0 Å². The Labute approximate surface area is 123 Å². The Bertz CT molecular complexity index is 499. The maximum absolute atomic E-state index is 11.9. The van der Waals surface area contributed by atoms with E-state index in [2.05, 4.69) is 17.5 Å². The first-order chi connectivity index (χ1) is 9.06. The molecular weight excluding hydrogens is 281 g/mol. The fourth-order valence-corrected chi connectivity index (χ4v) is 2.58. The first-order valence-electron chi connectivity index (χ1n) is 6.47. The van der Waals surface area contributed by atoms with Crippen LogP contribution in [-0.2, 0) is 4.79 Å². The molecule has 0 fully saturated rings. The van der Waals surface area contributed by atoms with Crippen LogP contribution in [0.25, 0.3) is 0 Å². The number of hydrogen-bond donors (Lipinski definition) is 1. The Morgan fingerprint density at radius 1 is 1.42 bits per heavy atom. The molecule has 4 heteroatoms. The summed E-state index contributed by atoms with van der Waals surface area (Å²) in [4.78, 5) is 11.9. The van der Waals surface area contributed by atoms with E-state index in [4.69, 9.17) is 23.2 Å². The topological polar surface area (TPSA) is 29.1 Å². The largest absolute Gasteiger partial charge is 0.350 e. The molecule has 1 aliphatic carbocycles. The van der Waals surface area contributed by atoms with Crippen LogP contribution in [0.1, 0.15) is 37.8 Å². The van der Waals surface area contributed by atoms with Crippen molar-refractivity contribution in [3.05, 3.63) is 46.0 Å². The Hall–Kier alpha value is -0.990. The second kappa shape index (κ2) is 6.44. The highest BCUT2D eigenvalue weighted by atomic mass is 35.5. The van der Waals surface area contributed by atoms with Crippen LogP contribution in [0.15, 0.2) is 30.4 Å². The molecule has 1 aliphatic rings. The lowest BCUT2D eigenvalue weighted by atomic mass is 10.0. The average molecular weight is 298 g/mol. The summed E-state index contributed by atoms with van der Waals surface area (Å²) in [5, 5.41) is 4.04. The van der Waals surface area contributed by atoms with Gasteiger partial charge in [0.2, 0.25) is 5.91 Å². The van der Waals surface area contributed by atoms with Crippen molar-refractivity contribution in [2.24, 2.45) is 5.92 Å². The van der Waals surface area contributed by atoms with E-state index < -0.39 is 0 Å². The second-order valence-electron chi connectivity index (χ2n) is 4.93. The van der Waals surface area contributed by atoms with E-state index in [9.17, 15) is 4.79 Å². The van der Waals surface area contributed by atoms with E-state index in [1.54, 1.807) is 12.1 Å². The normalized spacial score (nSPS) is 19.4. The molecule has 0 spiro atoms. The van der Waals surface area contributed by atoms with Gasteiger partial charge in [-0.15, -0.1) is 0 Å². The molecule has 2 rings (SSSR count). The molecule has 1 N–H and O–H groups in total. The predicted octanol–water partition coefficient (Wildman–Crippen LogP) is 4.53. The molecule has 2 nitrogen and oxygen atoms in total. The molecule has 19 heavy (non-hydrogen) atoms. The van der Waals surface area contributed by atoms with Crippen LogP contribution in [0.2, 0.25) is 10.0 Å². The molecule has 1 aromatic carbocycles. The molecule has 1 aromatic rings. The third kappa shape index (κ3) is 3.99. The smallest absolute Gasteiger partial charge is 0.221 e. The van der Waals surface area contributed by atoms with Gasteiger partial charge in [0.25, 0.3) is 0 Å². The highest BCUT2D eigenvalue weighted by Crippen LogP contribution is 2.26.